The minimum absolute atomic E-state index is 0.0733. The maximum Gasteiger partial charge on any atom is 0.264 e. The molecule has 0 spiro atoms. The van der Waals surface area contributed by atoms with E-state index in [2.05, 4.69) is 14.8 Å². The van der Waals surface area contributed by atoms with Gasteiger partial charge in [0.15, 0.2) is 0 Å². The average Bonchev–Trinajstić information content (AvgIpc) is 3.78. The van der Waals surface area contributed by atoms with Crippen LogP contribution in [-0.4, -0.2) is 66.3 Å². The summed E-state index contributed by atoms with van der Waals surface area (Å²) in [7, 11) is -1.20. The number of aromatic nitrogens is 3. The number of sulfonamides is 1. The molecule has 1 aliphatic rings. The smallest absolute Gasteiger partial charge is 0.264 e. The van der Waals surface area contributed by atoms with Crippen LogP contribution in [0.4, 0.5) is 0 Å². The van der Waals surface area contributed by atoms with Crippen molar-refractivity contribution in [2.75, 3.05) is 20.8 Å². The van der Waals surface area contributed by atoms with Crippen LogP contribution in [0.5, 0.6) is 5.75 Å². The van der Waals surface area contributed by atoms with Gasteiger partial charge in [-0.25, -0.2) is 18.1 Å². The van der Waals surface area contributed by atoms with E-state index in [9.17, 15) is 18.0 Å². The number of amides is 2. The average molecular weight is 652 g/mol. The van der Waals surface area contributed by atoms with Crippen molar-refractivity contribution < 1.29 is 27.5 Å². The molecule has 0 radical (unpaired) electrons. The predicted molar refractivity (Wildman–Crippen MR) is 169 cm³/mol. The van der Waals surface area contributed by atoms with E-state index in [1.807, 2.05) is 26.8 Å². The van der Waals surface area contributed by atoms with Crippen molar-refractivity contribution in [2.24, 2.45) is 5.92 Å². The summed E-state index contributed by atoms with van der Waals surface area (Å²) in [5.41, 5.74) is -0.780. The molecule has 13 heteroatoms. The Labute approximate surface area is 267 Å². The minimum atomic E-state index is -4.29. The van der Waals surface area contributed by atoms with Gasteiger partial charge in [-0.2, -0.15) is 5.10 Å². The molecule has 5 rings (SSSR count). The first-order valence-corrected chi connectivity index (χ1v) is 16.8. The third kappa shape index (κ3) is 6.37. The molecule has 1 saturated heterocycles. The molecule has 238 valence electrons. The second-order valence-corrected chi connectivity index (χ2v) is 14.7. The van der Waals surface area contributed by atoms with Crippen molar-refractivity contribution in [3.05, 3.63) is 94.7 Å². The number of thiazole rings is 1. The van der Waals surface area contributed by atoms with Gasteiger partial charge >= 0.3 is 0 Å². The van der Waals surface area contributed by atoms with E-state index in [1.54, 1.807) is 74.6 Å². The maximum absolute atomic E-state index is 14.9. The van der Waals surface area contributed by atoms with Gasteiger partial charge in [-0.3, -0.25) is 14.3 Å². The first-order chi connectivity index (χ1) is 21.4. The van der Waals surface area contributed by atoms with Gasteiger partial charge < -0.3 is 14.4 Å². The molecule has 2 aromatic heterocycles. The molecular formula is C32H37N5O6S2. The molecule has 0 aliphatic carbocycles. The number of carbonyl (C=O) groups excluding carboxylic acids is 2. The Kier molecular flexibility index (Phi) is 9.15. The zero-order valence-electron chi connectivity index (χ0n) is 25.8. The van der Waals surface area contributed by atoms with E-state index in [0.29, 0.717) is 10.8 Å². The Morgan fingerprint density at radius 2 is 1.84 bits per heavy atom. The number of hydrogen-bond acceptors (Lipinski definition) is 9. The van der Waals surface area contributed by atoms with Crippen molar-refractivity contribution in [3.8, 4) is 5.75 Å². The minimum Gasteiger partial charge on any atom is -0.496 e. The van der Waals surface area contributed by atoms with Crippen LogP contribution in [0.3, 0.4) is 0 Å². The van der Waals surface area contributed by atoms with Gasteiger partial charge in [0.2, 0.25) is 0 Å². The van der Waals surface area contributed by atoms with Crippen molar-refractivity contribution in [2.45, 2.75) is 55.6 Å². The van der Waals surface area contributed by atoms with Gasteiger partial charge in [0.25, 0.3) is 21.8 Å². The lowest BCUT2D eigenvalue weighted by Crippen LogP contribution is -2.60. The van der Waals surface area contributed by atoms with Crippen LogP contribution in [0.15, 0.2) is 83.5 Å². The van der Waals surface area contributed by atoms with Crippen molar-refractivity contribution >= 4 is 33.2 Å². The molecular weight excluding hydrogens is 615 g/mol. The van der Waals surface area contributed by atoms with Crippen molar-refractivity contribution in [1.29, 1.82) is 0 Å². The second-order valence-electron chi connectivity index (χ2n) is 12.1. The molecule has 11 nitrogen and oxygen atoms in total. The summed E-state index contributed by atoms with van der Waals surface area (Å²) in [5.74, 6) is -1.21. The highest BCUT2D eigenvalue weighted by Gasteiger charge is 2.60. The molecule has 2 amide bonds. The SMILES string of the molecule is COC[C@H]1C[C@@](Cn2cccn2)(C(=O)NS(=O)(=O)c2ccccc2)N(C(=O)c2ccc(C(C)(C)C)c(OC)c2)[C@H]1c1nccs1. The number of likely N-dealkylation sites (tertiary alicyclic amines) is 1. The number of benzene rings is 2. The van der Waals surface area contributed by atoms with Crippen LogP contribution < -0.4 is 9.46 Å². The predicted octanol–water partition coefficient (Wildman–Crippen LogP) is 4.44. The fourth-order valence-electron chi connectivity index (χ4n) is 6.03. The summed E-state index contributed by atoms with van der Waals surface area (Å²) in [6, 6.07) is 13.9. The van der Waals surface area contributed by atoms with Gasteiger partial charge in [0, 0.05) is 42.6 Å². The third-order valence-electron chi connectivity index (χ3n) is 8.03. The molecule has 1 aliphatic heterocycles. The van der Waals surface area contributed by atoms with E-state index in [0.717, 1.165) is 5.56 Å². The first kappa shape index (κ1) is 32.3. The lowest BCUT2D eigenvalue weighted by Gasteiger charge is -2.39. The summed E-state index contributed by atoms with van der Waals surface area (Å²) in [5, 5.41) is 6.74. The Morgan fingerprint density at radius 1 is 1.09 bits per heavy atom. The molecule has 1 fully saturated rings. The van der Waals surface area contributed by atoms with Crippen LogP contribution >= 0.6 is 11.3 Å². The topological polar surface area (TPSA) is 133 Å². The molecule has 3 heterocycles. The molecule has 4 aromatic rings. The summed E-state index contributed by atoms with van der Waals surface area (Å²) >= 11 is 1.35. The molecule has 0 saturated carbocycles. The van der Waals surface area contributed by atoms with Gasteiger partial charge in [-0.1, -0.05) is 45.0 Å². The molecule has 2 aromatic carbocycles. The highest BCUT2D eigenvalue weighted by atomic mass is 32.2. The Hall–Kier alpha value is -4.07. The fourth-order valence-corrected chi connectivity index (χ4v) is 7.92. The second kappa shape index (κ2) is 12.7. The van der Waals surface area contributed by atoms with Crippen molar-refractivity contribution in [3.63, 3.8) is 0 Å². The zero-order valence-corrected chi connectivity index (χ0v) is 27.5. The molecule has 1 N–H and O–H groups in total. The summed E-state index contributed by atoms with van der Waals surface area (Å²) in [4.78, 5) is 35.4. The fraction of sp³-hybridized carbons (Fsp3) is 0.375. The lowest BCUT2D eigenvalue weighted by molar-refractivity contribution is -0.130. The normalized spacial score (nSPS) is 20.2. The molecule has 0 unspecified atom stereocenters. The van der Waals surface area contributed by atoms with Gasteiger partial charge in [-0.15, -0.1) is 11.3 Å². The number of hydrogen-bond donors (Lipinski definition) is 1. The van der Waals surface area contributed by atoms with Gasteiger partial charge in [0.1, 0.15) is 16.3 Å². The van der Waals surface area contributed by atoms with Crippen LogP contribution in [0.25, 0.3) is 0 Å². The van der Waals surface area contributed by atoms with E-state index in [-0.39, 0.29) is 35.4 Å². The standard InChI is InChI=1S/C32H37N5O6S2/c1-31(2,3)25-13-12-22(18-26(25)43-5)29(38)37-27(28-33-15-17-44-28)23(20-42-4)19-32(37,21-36-16-9-14-34-36)30(39)35-45(40,41)24-10-7-6-8-11-24/h6-18,23,27H,19-21H2,1-5H3,(H,35,39)/t23-,27-,32-/m1/s1. The van der Waals surface area contributed by atoms with Crippen LogP contribution in [0.1, 0.15) is 54.2 Å². The summed E-state index contributed by atoms with van der Waals surface area (Å²) in [6.07, 6.45) is 4.96. The zero-order chi connectivity index (χ0) is 32.4. The van der Waals surface area contributed by atoms with E-state index >= 15 is 0 Å². The number of carbonyl (C=O) groups is 2. The van der Waals surface area contributed by atoms with Crippen LogP contribution in [-0.2, 0) is 31.5 Å². The van der Waals surface area contributed by atoms with E-state index in [4.69, 9.17) is 9.47 Å². The maximum atomic E-state index is 14.9. The highest BCUT2D eigenvalue weighted by Crippen LogP contribution is 2.49. The lowest BCUT2D eigenvalue weighted by atomic mass is 9.85. The van der Waals surface area contributed by atoms with Crippen LogP contribution in [0, 0.1) is 5.92 Å². The van der Waals surface area contributed by atoms with Gasteiger partial charge in [-0.05, 0) is 47.7 Å². The van der Waals surface area contributed by atoms with Crippen LogP contribution in [0.2, 0.25) is 0 Å². The number of methoxy groups -OCH3 is 2. The van der Waals surface area contributed by atoms with E-state index < -0.39 is 39.3 Å². The number of rotatable bonds is 10. The molecule has 0 bridgehead atoms. The Bertz CT molecular complexity index is 1740. The molecule has 45 heavy (non-hydrogen) atoms. The summed E-state index contributed by atoms with van der Waals surface area (Å²) in [6.45, 7) is 6.23. The Balaban J connectivity index is 1.70. The van der Waals surface area contributed by atoms with Gasteiger partial charge in [0.05, 0.1) is 31.2 Å². The monoisotopic (exact) mass is 651 g/mol. The number of nitrogens with one attached hydrogen (secondary N) is 1. The largest absolute Gasteiger partial charge is 0.496 e. The number of ether oxygens (including phenoxy) is 2. The van der Waals surface area contributed by atoms with E-state index in [1.165, 1.54) is 33.1 Å². The quantitative estimate of drug-likeness (QED) is 0.266. The van der Waals surface area contributed by atoms with Crippen molar-refractivity contribution in [1.82, 2.24) is 24.4 Å². The number of nitrogens with zero attached hydrogens (tertiary/aromatic N) is 4. The Morgan fingerprint density at radius 3 is 2.44 bits per heavy atom. The summed E-state index contributed by atoms with van der Waals surface area (Å²) < 4.78 is 42.2. The highest BCUT2D eigenvalue weighted by molar-refractivity contribution is 7.90. The molecule has 3 atom stereocenters. The third-order valence-corrected chi connectivity index (χ3v) is 10.2. The first-order valence-electron chi connectivity index (χ1n) is 14.4.